The van der Waals surface area contributed by atoms with Crippen LogP contribution in [-0.2, 0) is 4.57 Å². The first-order valence-corrected chi connectivity index (χ1v) is 40.9. The molecule has 0 aliphatic carbocycles. The number of hydrogen-bond donors (Lipinski definition) is 0. The summed E-state index contributed by atoms with van der Waals surface area (Å²) in [6.45, 7) is 0. The van der Waals surface area contributed by atoms with Crippen LogP contribution in [0.15, 0.2) is 376 Å². The summed E-state index contributed by atoms with van der Waals surface area (Å²) in [5.74, 6) is 0. The normalized spacial score (nSPS) is 12.6. The molecule has 17 aromatic carbocycles. The van der Waals surface area contributed by atoms with Crippen LogP contribution < -0.4 is 31.8 Å². The van der Waals surface area contributed by atoms with Gasteiger partial charge in [0.1, 0.15) is 5.65 Å². The fourth-order valence-corrected chi connectivity index (χ4v) is 24.2. The van der Waals surface area contributed by atoms with Crippen molar-refractivity contribution in [3.05, 3.63) is 376 Å². The molecule has 4 aromatic heterocycles. The number of nitrogens with zero attached hydrogens (tertiary/aromatic N) is 4. The third-order valence-electron chi connectivity index (χ3n) is 21.2. The number of aromatic nitrogens is 4. The van der Waals surface area contributed by atoms with E-state index in [0.717, 1.165) is 77.0 Å². The Kier molecular flexibility index (Phi) is 14.8. The fraction of sp³-hybridized carbons (Fsp3) is 0. The molecule has 0 amide bonds. The summed E-state index contributed by atoms with van der Waals surface area (Å²) in [7, 11) is -3.02. The van der Waals surface area contributed by atoms with Crippen molar-refractivity contribution in [1.82, 2.24) is 18.8 Å². The molecule has 0 aliphatic heterocycles. The van der Waals surface area contributed by atoms with Gasteiger partial charge in [0, 0.05) is 32.1 Å². The van der Waals surface area contributed by atoms with Crippen LogP contribution in [0.5, 0.6) is 0 Å². The van der Waals surface area contributed by atoms with Gasteiger partial charge in [-0.1, -0.05) is 212 Å². The number of pyridine rings is 2. The summed E-state index contributed by atoms with van der Waals surface area (Å²) < 4.78 is 19.5. The Labute approximate surface area is 607 Å². The second kappa shape index (κ2) is 24.9. The van der Waals surface area contributed by atoms with E-state index in [4.69, 9.17) is 9.97 Å². The maximum atomic E-state index is 14.8. The van der Waals surface area contributed by atoms with Gasteiger partial charge in [-0.2, -0.15) is 0 Å². The van der Waals surface area contributed by atoms with Crippen molar-refractivity contribution < 1.29 is 4.57 Å². The molecule has 5 nitrogen and oxygen atoms in total. The monoisotopic (exact) mass is 1430 g/mol. The topological polar surface area (TPSA) is 51.7 Å². The molecule has 1 unspecified atom stereocenters. The van der Waals surface area contributed by atoms with Gasteiger partial charge in [0.25, 0.3) is 0 Å². The van der Waals surface area contributed by atoms with Crippen LogP contribution >= 0.6 is 12.7 Å². The van der Waals surface area contributed by atoms with E-state index in [1.54, 1.807) is 0 Å². The Morgan fingerprint density at radius 2 is 0.635 bits per heavy atom. The second-order valence-corrected chi connectivity index (χ2v) is 35.9. The third kappa shape index (κ3) is 9.97. The van der Waals surface area contributed by atoms with E-state index in [1.807, 2.05) is 72.8 Å². The van der Waals surface area contributed by atoms with Crippen LogP contribution in [0.1, 0.15) is 0 Å². The van der Waals surface area contributed by atoms with Crippen LogP contribution in [-0.4, -0.2) is 33.9 Å². The number of fused-ring (bicyclic) bond motifs is 22. The Morgan fingerprint density at radius 3 is 1.28 bits per heavy atom. The molecule has 21 aromatic rings. The summed E-state index contributed by atoms with van der Waals surface area (Å²) >= 11 is 3.80. The van der Waals surface area contributed by atoms with Gasteiger partial charge in [0.05, 0.1) is 22.1 Å². The van der Waals surface area contributed by atoms with Gasteiger partial charge in [0.15, 0.2) is 7.14 Å². The zero-order chi connectivity index (χ0) is 69.0. The summed E-state index contributed by atoms with van der Waals surface area (Å²) in [6.07, 6.45) is 0. The minimum atomic E-state index is -3.02. The molecule has 0 radical (unpaired) electrons. The quantitative estimate of drug-likeness (QED) is 0.0822. The van der Waals surface area contributed by atoms with Gasteiger partial charge >= 0.3 is 228 Å². The van der Waals surface area contributed by atoms with Gasteiger partial charge < -0.3 is 4.57 Å². The van der Waals surface area contributed by atoms with Crippen LogP contribution in [0.4, 0.5) is 0 Å². The predicted octanol–water partition coefficient (Wildman–Crippen LogP) is 22.2. The molecule has 0 N–H and O–H groups in total. The summed E-state index contributed by atoms with van der Waals surface area (Å²) in [5.41, 5.74) is 13.3. The first kappa shape index (κ1) is 61.7. The Morgan fingerprint density at radius 1 is 0.240 bits per heavy atom. The first-order valence-electron chi connectivity index (χ1n) is 35.2. The number of para-hydroxylation sites is 4. The number of benzene rings is 17. The zero-order valence-corrected chi connectivity index (χ0v) is 59.8. The van der Waals surface area contributed by atoms with Crippen molar-refractivity contribution in [3.63, 3.8) is 0 Å². The van der Waals surface area contributed by atoms with Gasteiger partial charge in [-0.3, -0.25) is 4.40 Å². The molecular weight excluding hydrogens is 1370 g/mol. The summed E-state index contributed by atoms with van der Waals surface area (Å²) in [5, 5.41) is 23.8. The van der Waals surface area contributed by atoms with Crippen molar-refractivity contribution in [2.24, 2.45) is 0 Å². The third-order valence-corrected chi connectivity index (χ3v) is 31.3. The maximum absolute atomic E-state index is 14.8. The molecule has 0 saturated heterocycles. The van der Waals surface area contributed by atoms with E-state index in [1.165, 1.54) is 108 Å². The average Bonchev–Trinajstić information content (AvgIpc) is 1.46. The van der Waals surface area contributed by atoms with E-state index >= 15 is 0 Å². The standard InChI is InChI=1S/C49H31N2PSe.C47H31N2OP/c53-52(38-14-2-1-3-15-38,47-20-10-13-32-11-4-6-16-40(32)47)39-26-23-35-29-34(21-22-36(35)30-39)37-25-27-42-46(31-37)51-45-19-9-8-18-44(45)50-49(51)43-28-24-33-12-5-7-17-41(33)48(42)43;50-51(37-12-3-1-4-13-37,38-14-5-2-6-15-38)39-27-23-33(24-28-39)32-19-21-34(22-20-32)36-26-29-41-42-30-25-35-11-7-8-16-40(35)46(42)47-48-43-17-9-10-18-44(43)49(47)45(41)31-36/h1-31H;1-31H. The molecule has 21 rings (SSSR count). The van der Waals surface area contributed by atoms with Crippen LogP contribution in [0.2, 0.25) is 0 Å². The molecule has 8 heteroatoms. The van der Waals surface area contributed by atoms with Crippen molar-refractivity contribution >= 4 is 179 Å². The SMILES string of the molecule is O=P(c1ccccc1)(c1ccccc1)c1ccc(-c2ccc(-c3ccc4c5ccc6ccccc6c5c5nc6ccccc6n5c4c3)cc2)cc1.[Se]=P(c1ccccc1)(c1ccc2cc(-c3ccc4c5c6ccccc6ccc5c5nc6ccccc6n5c4c3)ccc2c1)c1cccc2ccccc12. The second-order valence-electron chi connectivity index (χ2n) is 27.0. The minimum absolute atomic E-state index is 0.829. The first-order chi connectivity index (χ1) is 51.3. The van der Waals surface area contributed by atoms with Crippen LogP contribution in [0.25, 0.3) is 153 Å². The van der Waals surface area contributed by atoms with Gasteiger partial charge in [-0.15, -0.1) is 0 Å². The van der Waals surface area contributed by atoms with Crippen molar-refractivity contribution in [2.75, 3.05) is 0 Å². The van der Waals surface area contributed by atoms with E-state index in [-0.39, 0.29) is 0 Å². The number of hydrogen-bond acceptors (Lipinski definition) is 3. The summed E-state index contributed by atoms with van der Waals surface area (Å²) in [4.78, 5) is 10.4. The molecule has 1 atom stereocenters. The Hall–Kier alpha value is -12.1. The molecule has 104 heavy (non-hydrogen) atoms. The fourth-order valence-electron chi connectivity index (χ4n) is 16.2. The Balaban J connectivity index is 0.000000139. The predicted molar refractivity (Wildman–Crippen MR) is 446 cm³/mol. The van der Waals surface area contributed by atoms with Crippen LogP contribution in [0, 0.1) is 0 Å². The average molecular weight is 1430 g/mol. The van der Waals surface area contributed by atoms with Crippen LogP contribution in [0.3, 0.4) is 0 Å². The number of rotatable bonds is 9. The van der Waals surface area contributed by atoms with E-state index in [9.17, 15) is 4.57 Å². The van der Waals surface area contributed by atoms with Gasteiger partial charge in [-0.25, -0.2) is 9.97 Å². The van der Waals surface area contributed by atoms with E-state index in [0.29, 0.717) is 0 Å². The van der Waals surface area contributed by atoms with E-state index in [2.05, 4.69) is 327 Å². The van der Waals surface area contributed by atoms with E-state index < -0.39 is 12.7 Å². The van der Waals surface area contributed by atoms with Crippen molar-refractivity contribution in [1.29, 1.82) is 0 Å². The van der Waals surface area contributed by atoms with Gasteiger partial charge in [-0.05, 0) is 85.6 Å². The molecular formula is C96H62N4OP2Se. The van der Waals surface area contributed by atoms with Gasteiger partial charge in [0.2, 0.25) is 0 Å². The molecule has 0 saturated carbocycles. The molecule has 0 aliphatic rings. The number of imidazole rings is 2. The molecule has 0 spiro atoms. The molecule has 0 bridgehead atoms. The molecule has 0 fully saturated rings. The Bertz CT molecular complexity index is 7110. The molecule has 488 valence electrons. The van der Waals surface area contributed by atoms with Crippen molar-refractivity contribution in [2.45, 2.75) is 0 Å². The summed E-state index contributed by atoms with van der Waals surface area (Å²) in [6, 6.07) is 134. The van der Waals surface area contributed by atoms with Crippen molar-refractivity contribution in [3.8, 4) is 33.4 Å². The zero-order valence-electron chi connectivity index (χ0n) is 56.3. The molecule has 4 heterocycles.